The first kappa shape index (κ1) is 13.4. The molecule has 0 aliphatic heterocycles. The molecule has 2 rings (SSSR count). The molecule has 1 aromatic carbocycles. The molecule has 1 heterocycles. The summed E-state index contributed by atoms with van der Waals surface area (Å²) in [4.78, 5) is 12.0. The fourth-order valence-corrected chi connectivity index (χ4v) is 1.88. The average Bonchev–Trinajstić information content (AvgIpc) is 2.67. The first-order chi connectivity index (χ1) is 9.04. The second-order valence-electron chi connectivity index (χ2n) is 3.96. The Hall–Kier alpha value is -2.01. The van der Waals surface area contributed by atoms with Crippen LogP contribution in [0.3, 0.4) is 0 Å². The lowest BCUT2D eigenvalue weighted by atomic mass is 10.1. The first-order valence-corrected chi connectivity index (χ1v) is 6.18. The number of nitrogens with zero attached hydrogens (tertiary/aromatic N) is 2. The number of anilines is 1. The Morgan fingerprint density at radius 3 is 2.63 bits per heavy atom. The predicted octanol–water partition coefficient (Wildman–Crippen LogP) is 2.50. The highest BCUT2D eigenvalue weighted by Gasteiger charge is 2.23. The molecule has 0 aliphatic carbocycles. The minimum absolute atomic E-state index is 0.281. The van der Waals surface area contributed by atoms with Crippen molar-refractivity contribution in [3.63, 3.8) is 0 Å². The van der Waals surface area contributed by atoms with Gasteiger partial charge in [-0.3, -0.25) is 4.68 Å². The van der Waals surface area contributed by atoms with Crippen molar-refractivity contribution >= 4 is 23.4 Å². The largest absolute Gasteiger partial charge is 0.462 e. The van der Waals surface area contributed by atoms with Crippen molar-refractivity contribution in [1.29, 1.82) is 0 Å². The molecule has 0 radical (unpaired) electrons. The highest BCUT2D eigenvalue weighted by atomic mass is 35.5. The van der Waals surface area contributed by atoms with Gasteiger partial charge in [0.1, 0.15) is 17.1 Å². The van der Waals surface area contributed by atoms with E-state index in [9.17, 15) is 4.79 Å². The maximum atomic E-state index is 12.0. The average molecular weight is 280 g/mol. The Labute approximate surface area is 115 Å². The van der Waals surface area contributed by atoms with Gasteiger partial charge in [-0.25, -0.2) is 4.79 Å². The smallest absolute Gasteiger partial charge is 0.344 e. The van der Waals surface area contributed by atoms with Gasteiger partial charge in [-0.2, -0.15) is 5.10 Å². The van der Waals surface area contributed by atoms with Crippen LogP contribution in [-0.2, 0) is 11.8 Å². The zero-order valence-electron chi connectivity index (χ0n) is 10.7. The van der Waals surface area contributed by atoms with Crippen LogP contribution in [0.5, 0.6) is 0 Å². The summed E-state index contributed by atoms with van der Waals surface area (Å²) in [5.74, 6) is -0.193. The standard InChI is InChI=1S/C13H14ClN3O2/c1-3-19-13(18)10-11(16-17(2)12(10)15)8-4-6-9(14)7-5-8/h4-7H,3,15H2,1-2H3. The Morgan fingerprint density at radius 2 is 2.05 bits per heavy atom. The molecule has 0 amide bonds. The summed E-state index contributed by atoms with van der Waals surface area (Å²) >= 11 is 5.85. The van der Waals surface area contributed by atoms with Crippen LogP contribution in [0.2, 0.25) is 5.02 Å². The van der Waals surface area contributed by atoms with E-state index in [-0.39, 0.29) is 18.0 Å². The molecule has 0 unspecified atom stereocenters. The van der Waals surface area contributed by atoms with E-state index in [1.54, 1.807) is 38.2 Å². The third-order valence-corrected chi connectivity index (χ3v) is 2.94. The maximum absolute atomic E-state index is 12.0. The van der Waals surface area contributed by atoms with E-state index in [1.807, 2.05) is 0 Å². The van der Waals surface area contributed by atoms with Gasteiger partial charge in [-0.1, -0.05) is 23.7 Å². The van der Waals surface area contributed by atoms with Crippen molar-refractivity contribution in [3.8, 4) is 11.3 Å². The van der Waals surface area contributed by atoms with Crippen LogP contribution in [0.25, 0.3) is 11.3 Å². The molecule has 5 nitrogen and oxygen atoms in total. The van der Waals surface area contributed by atoms with E-state index in [2.05, 4.69) is 5.10 Å². The normalized spacial score (nSPS) is 10.5. The zero-order chi connectivity index (χ0) is 14.0. The molecular weight excluding hydrogens is 266 g/mol. The molecule has 2 aromatic rings. The quantitative estimate of drug-likeness (QED) is 0.877. The molecule has 2 N–H and O–H groups in total. The number of rotatable bonds is 3. The van der Waals surface area contributed by atoms with Gasteiger partial charge in [0.05, 0.1) is 6.61 Å². The van der Waals surface area contributed by atoms with Gasteiger partial charge in [0.2, 0.25) is 0 Å². The molecular formula is C13H14ClN3O2. The van der Waals surface area contributed by atoms with Crippen molar-refractivity contribution in [3.05, 3.63) is 34.9 Å². The molecule has 100 valence electrons. The summed E-state index contributed by atoms with van der Waals surface area (Å²) in [7, 11) is 1.68. The summed E-state index contributed by atoms with van der Waals surface area (Å²) < 4.78 is 6.46. The van der Waals surface area contributed by atoms with Crippen molar-refractivity contribution in [2.24, 2.45) is 7.05 Å². The minimum Gasteiger partial charge on any atom is -0.462 e. The topological polar surface area (TPSA) is 70.1 Å². The number of hydrogen-bond acceptors (Lipinski definition) is 4. The van der Waals surface area contributed by atoms with Gasteiger partial charge in [-0.15, -0.1) is 0 Å². The first-order valence-electron chi connectivity index (χ1n) is 5.80. The molecule has 0 spiro atoms. The number of aromatic nitrogens is 2. The number of benzene rings is 1. The van der Waals surface area contributed by atoms with Crippen molar-refractivity contribution < 1.29 is 9.53 Å². The maximum Gasteiger partial charge on any atom is 0.344 e. The highest BCUT2D eigenvalue weighted by molar-refractivity contribution is 6.30. The minimum atomic E-state index is -0.474. The summed E-state index contributed by atoms with van der Waals surface area (Å²) in [6.45, 7) is 2.03. The Bertz CT molecular complexity index is 605. The SMILES string of the molecule is CCOC(=O)c1c(-c2ccc(Cl)cc2)nn(C)c1N. The third-order valence-electron chi connectivity index (χ3n) is 2.69. The van der Waals surface area contributed by atoms with Gasteiger partial charge >= 0.3 is 5.97 Å². The van der Waals surface area contributed by atoms with Gasteiger partial charge in [0.25, 0.3) is 0 Å². The summed E-state index contributed by atoms with van der Waals surface area (Å²) in [6.07, 6.45) is 0. The molecule has 1 aromatic heterocycles. The number of nitrogens with two attached hydrogens (primary N) is 1. The lowest BCUT2D eigenvalue weighted by molar-refractivity contribution is 0.0528. The number of carbonyl (C=O) groups excluding carboxylic acids is 1. The van der Waals surface area contributed by atoms with Crippen LogP contribution < -0.4 is 5.73 Å². The van der Waals surface area contributed by atoms with Gasteiger partial charge < -0.3 is 10.5 Å². The second kappa shape index (κ2) is 5.32. The molecule has 0 bridgehead atoms. The van der Waals surface area contributed by atoms with E-state index >= 15 is 0 Å². The molecule has 0 aliphatic rings. The van der Waals surface area contributed by atoms with Crippen LogP contribution in [0.4, 0.5) is 5.82 Å². The fourth-order valence-electron chi connectivity index (χ4n) is 1.75. The molecule has 0 atom stereocenters. The van der Waals surface area contributed by atoms with E-state index in [0.29, 0.717) is 10.7 Å². The predicted molar refractivity (Wildman–Crippen MR) is 74.0 cm³/mol. The molecule has 19 heavy (non-hydrogen) atoms. The van der Waals surface area contributed by atoms with E-state index < -0.39 is 5.97 Å². The van der Waals surface area contributed by atoms with Crippen LogP contribution in [0, 0.1) is 0 Å². The van der Waals surface area contributed by atoms with Crippen LogP contribution in [0.15, 0.2) is 24.3 Å². The monoisotopic (exact) mass is 279 g/mol. The van der Waals surface area contributed by atoms with Crippen LogP contribution >= 0.6 is 11.6 Å². The summed E-state index contributed by atoms with van der Waals surface area (Å²) in [5, 5.41) is 4.88. The van der Waals surface area contributed by atoms with E-state index in [1.165, 1.54) is 4.68 Å². The second-order valence-corrected chi connectivity index (χ2v) is 4.40. The van der Waals surface area contributed by atoms with Crippen LogP contribution in [0.1, 0.15) is 17.3 Å². The number of nitrogen functional groups attached to an aromatic ring is 1. The Balaban J connectivity index is 2.54. The van der Waals surface area contributed by atoms with Crippen molar-refractivity contribution in [1.82, 2.24) is 9.78 Å². The summed E-state index contributed by atoms with van der Waals surface area (Å²) in [6, 6.07) is 7.03. The van der Waals surface area contributed by atoms with E-state index in [4.69, 9.17) is 22.1 Å². The number of carbonyl (C=O) groups is 1. The molecule has 0 saturated heterocycles. The molecule has 0 fully saturated rings. The van der Waals surface area contributed by atoms with E-state index in [0.717, 1.165) is 5.56 Å². The number of esters is 1. The number of aryl methyl sites for hydroxylation is 1. The molecule has 6 heteroatoms. The summed E-state index contributed by atoms with van der Waals surface area (Å²) in [5.41, 5.74) is 7.42. The van der Waals surface area contributed by atoms with Crippen LogP contribution in [-0.4, -0.2) is 22.4 Å². The number of hydrogen-bond donors (Lipinski definition) is 1. The third kappa shape index (κ3) is 2.56. The zero-order valence-corrected chi connectivity index (χ0v) is 11.4. The highest BCUT2D eigenvalue weighted by Crippen LogP contribution is 2.28. The lowest BCUT2D eigenvalue weighted by Crippen LogP contribution is -2.08. The lowest BCUT2D eigenvalue weighted by Gasteiger charge is -2.03. The number of halogens is 1. The Kier molecular flexibility index (Phi) is 3.76. The van der Waals surface area contributed by atoms with Gasteiger partial charge in [0, 0.05) is 17.6 Å². The number of ether oxygens (including phenoxy) is 1. The van der Waals surface area contributed by atoms with Gasteiger partial charge in [-0.05, 0) is 19.1 Å². The fraction of sp³-hybridized carbons (Fsp3) is 0.231. The Morgan fingerprint density at radius 1 is 1.42 bits per heavy atom. The van der Waals surface area contributed by atoms with Gasteiger partial charge in [0.15, 0.2) is 0 Å². The van der Waals surface area contributed by atoms with Crippen molar-refractivity contribution in [2.45, 2.75) is 6.92 Å². The molecule has 0 saturated carbocycles. The van der Waals surface area contributed by atoms with Crippen molar-refractivity contribution in [2.75, 3.05) is 12.3 Å².